The minimum atomic E-state index is -0.796. The number of aliphatic hydroxyl groups is 2. The van der Waals surface area contributed by atoms with Crippen LogP contribution in [0.5, 0.6) is 0 Å². The SMILES string of the molecule is CCCCC/C=C\C/C=C\C/C=C\C/C=C\CCCC(=O)OC(CCCCCCCCCCCCCCCCCCC)CC(=O)NC(CO)C(O)CCCCCCCCCCCCCCCC. The van der Waals surface area contributed by atoms with E-state index in [1.807, 2.05) is 0 Å². The van der Waals surface area contributed by atoms with E-state index < -0.39 is 18.2 Å². The molecule has 3 atom stereocenters. The maximum Gasteiger partial charge on any atom is 0.306 e. The van der Waals surface area contributed by atoms with Crippen molar-refractivity contribution in [3.8, 4) is 0 Å². The van der Waals surface area contributed by atoms with Crippen LogP contribution < -0.4 is 5.32 Å². The number of hydrogen-bond donors (Lipinski definition) is 3. The average Bonchev–Trinajstić information content (AvgIpc) is 3.32. The molecule has 67 heavy (non-hydrogen) atoms. The van der Waals surface area contributed by atoms with Crippen molar-refractivity contribution in [3.63, 3.8) is 0 Å². The predicted octanol–water partition coefficient (Wildman–Crippen LogP) is 18.2. The molecule has 0 fully saturated rings. The molecule has 0 bridgehead atoms. The molecule has 392 valence electrons. The Morgan fingerprint density at radius 1 is 0.433 bits per heavy atom. The number of ether oxygens (including phenoxy) is 1. The normalized spacial score (nSPS) is 13.4. The first kappa shape index (κ1) is 64.8. The summed E-state index contributed by atoms with van der Waals surface area (Å²) >= 11 is 0. The van der Waals surface area contributed by atoms with E-state index in [0.29, 0.717) is 25.7 Å². The Bertz CT molecular complexity index is 1150. The lowest BCUT2D eigenvalue weighted by molar-refractivity contribution is -0.151. The molecule has 1 amide bonds. The molecule has 0 rings (SSSR count). The molecular weight excluding hydrogens is 827 g/mol. The topological polar surface area (TPSA) is 95.9 Å². The molecule has 3 N–H and O–H groups in total. The fraction of sp³-hybridized carbons (Fsp3) is 0.836. The van der Waals surface area contributed by atoms with E-state index in [4.69, 9.17) is 4.74 Å². The Labute approximate surface area is 416 Å². The molecule has 0 saturated carbocycles. The largest absolute Gasteiger partial charge is 0.462 e. The number of aliphatic hydroxyl groups excluding tert-OH is 2. The van der Waals surface area contributed by atoms with E-state index in [9.17, 15) is 19.8 Å². The van der Waals surface area contributed by atoms with Crippen molar-refractivity contribution in [2.75, 3.05) is 6.61 Å². The number of carbonyl (C=O) groups excluding carboxylic acids is 2. The van der Waals surface area contributed by atoms with Crippen LogP contribution in [0.4, 0.5) is 0 Å². The van der Waals surface area contributed by atoms with Crippen molar-refractivity contribution in [2.24, 2.45) is 0 Å². The van der Waals surface area contributed by atoms with Crippen LogP contribution in [0.15, 0.2) is 48.6 Å². The second-order valence-corrected chi connectivity index (χ2v) is 20.1. The van der Waals surface area contributed by atoms with E-state index in [1.54, 1.807) is 0 Å². The fourth-order valence-corrected chi connectivity index (χ4v) is 8.95. The molecule has 0 aromatic rings. The summed E-state index contributed by atoms with van der Waals surface area (Å²) in [6.45, 7) is 6.48. The average molecular weight is 941 g/mol. The highest BCUT2D eigenvalue weighted by molar-refractivity contribution is 5.77. The lowest BCUT2D eigenvalue weighted by Gasteiger charge is -2.24. The molecule has 0 aromatic heterocycles. The molecular formula is C61H113NO5. The summed E-state index contributed by atoms with van der Waals surface area (Å²) in [4.78, 5) is 26.3. The minimum absolute atomic E-state index is 0.0594. The van der Waals surface area contributed by atoms with Crippen LogP contribution in [0.1, 0.15) is 303 Å². The Morgan fingerprint density at radius 3 is 1.15 bits per heavy atom. The number of unbranched alkanes of at least 4 members (excludes halogenated alkanes) is 33. The monoisotopic (exact) mass is 940 g/mol. The van der Waals surface area contributed by atoms with Gasteiger partial charge in [0.2, 0.25) is 5.91 Å². The van der Waals surface area contributed by atoms with Gasteiger partial charge in [0.1, 0.15) is 6.10 Å². The zero-order valence-corrected chi connectivity index (χ0v) is 44.8. The van der Waals surface area contributed by atoms with Crippen molar-refractivity contribution in [2.45, 2.75) is 322 Å². The molecule has 0 aliphatic carbocycles. The summed E-state index contributed by atoms with van der Waals surface area (Å²) in [5.41, 5.74) is 0. The van der Waals surface area contributed by atoms with Gasteiger partial charge in [0.15, 0.2) is 0 Å². The highest BCUT2D eigenvalue weighted by Gasteiger charge is 2.24. The second kappa shape index (κ2) is 54.8. The van der Waals surface area contributed by atoms with Gasteiger partial charge in [-0.25, -0.2) is 0 Å². The first-order valence-electron chi connectivity index (χ1n) is 29.4. The summed E-state index contributed by atoms with van der Waals surface area (Å²) in [5, 5.41) is 23.9. The zero-order valence-electron chi connectivity index (χ0n) is 44.8. The molecule has 0 heterocycles. The van der Waals surface area contributed by atoms with Gasteiger partial charge in [0.05, 0.1) is 25.2 Å². The van der Waals surface area contributed by atoms with Crippen LogP contribution in [-0.4, -0.2) is 46.9 Å². The Balaban J connectivity index is 4.62. The van der Waals surface area contributed by atoms with Gasteiger partial charge >= 0.3 is 5.97 Å². The number of amides is 1. The maximum absolute atomic E-state index is 13.3. The standard InChI is InChI=1S/C61H113NO5/c1-4-7-10-13-16-19-22-25-28-30-32-34-37-40-43-46-49-52-57(67-61(66)54-51-48-45-42-39-36-33-31-29-26-23-20-17-14-11-8-5-2)55-60(65)62-58(56-63)59(64)53-50-47-44-41-38-35-27-24-21-18-15-12-9-6-3/h17,20,26,29,33,36,42,45,57-59,63-64H,4-16,18-19,21-25,27-28,30-32,34-35,37-41,43-44,46-56H2,1-3H3,(H,62,65)/b20-17-,29-26-,36-33-,45-42-. The van der Waals surface area contributed by atoms with Crippen molar-refractivity contribution in [1.29, 1.82) is 0 Å². The predicted molar refractivity (Wildman–Crippen MR) is 292 cm³/mol. The molecule has 0 spiro atoms. The van der Waals surface area contributed by atoms with Crippen molar-refractivity contribution < 1.29 is 24.5 Å². The third-order valence-electron chi connectivity index (χ3n) is 13.4. The molecule has 3 unspecified atom stereocenters. The van der Waals surface area contributed by atoms with Crippen LogP contribution >= 0.6 is 0 Å². The third kappa shape index (κ3) is 50.0. The Hall–Kier alpha value is -2.18. The third-order valence-corrected chi connectivity index (χ3v) is 13.4. The van der Waals surface area contributed by atoms with Gasteiger partial charge in [0.25, 0.3) is 0 Å². The van der Waals surface area contributed by atoms with Gasteiger partial charge in [-0.15, -0.1) is 0 Å². The van der Waals surface area contributed by atoms with Gasteiger partial charge in [-0.05, 0) is 64.2 Å². The van der Waals surface area contributed by atoms with Crippen LogP contribution in [0.2, 0.25) is 0 Å². The van der Waals surface area contributed by atoms with Crippen molar-refractivity contribution in [3.05, 3.63) is 48.6 Å². The smallest absolute Gasteiger partial charge is 0.306 e. The minimum Gasteiger partial charge on any atom is -0.462 e. The maximum atomic E-state index is 13.3. The van der Waals surface area contributed by atoms with Crippen molar-refractivity contribution in [1.82, 2.24) is 5.32 Å². The summed E-state index contributed by atoms with van der Waals surface area (Å²) < 4.78 is 5.94. The van der Waals surface area contributed by atoms with E-state index >= 15 is 0 Å². The van der Waals surface area contributed by atoms with Gasteiger partial charge in [-0.2, -0.15) is 0 Å². The number of allylic oxidation sites excluding steroid dienone is 8. The molecule has 0 aliphatic heterocycles. The second-order valence-electron chi connectivity index (χ2n) is 20.1. The number of esters is 1. The summed E-state index contributed by atoms with van der Waals surface area (Å²) in [6, 6.07) is -0.712. The molecule has 0 aliphatic rings. The highest BCUT2D eigenvalue weighted by atomic mass is 16.5. The lowest BCUT2D eigenvalue weighted by Crippen LogP contribution is -2.46. The zero-order chi connectivity index (χ0) is 48.8. The lowest BCUT2D eigenvalue weighted by atomic mass is 10.0. The van der Waals surface area contributed by atoms with Gasteiger partial charge in [-0.1, -0.05) is 275 Å². The highest BCUT2D eigenvalue weighted by Crippen LogP contribution is 2.19. The van der Waals surface area contributed by atoms with Crippen LogP contribution in [-0.2, 0) is 14.3 Å². The number of rotatable bonds is 53. The van der Waals surface area contributed by atoms with Crippen LogP contribution in [0.25, 0.3) is 0 Å². The summed E-state index contributed by atoms with van der Waals surface area (Å²) in [7, 11) is 0. The molecule has 0 aromatic carbocycles. The molecule has 6 nitrogen and oxygen atoms in total. The van der Waals surface area contributed by atoms with E-state index in [1.165, 1.54) is 186 Å². The summed E-state index contributed by atoms with van der Waals surface area (Å²) in [6.07, 6.45) is 67.5. The van der Waals surface area contributed by atoms with Gasteiger partial charge < -0.3 is 20.3 Å². The number of carbonyl (C=O) groups is 2. The Morgan fingerprint density at radius 2 is 0.761 bits per heavy atom. The first-order valence-corrected chi connectivity index (χ1v) is 29.4. The van der Waals surface area contributed by atoms with Gasteiger partial charge in [0, 0.05) is 6.42 Å². The van der Waals surface area contributed by atoms with E-state index in [0.717, 1.165) is 64.2 Å². The fourth-order valence-electron chi connectivity index (χ4n) is 8.95. The summed E-state index contributed by atoms with van der Waals surface area (Å²) in [5.74, 6) is -0.526. The first-order chi connectivity index (χ1) is 33.0. The Kier molecular flexibility index (Phi) is 53.0. The number of nitrogens with one attached hydrogen (secondary N) is 1. The molecule has 0 saturated heterocycles. The molecule has 6 heteroatoms. The molecule has 0 radical (unpaired) electrons. The van der Waals surface area contributed by atoms with E-state index in [2.05, 4.69) is 74.7 Å². The quantitative estimate of drug-likeness (QED) is 0.0321. The van der Waals surface area contributed by atoms with Crippen molar-refractivity contribution >= 4 is 11.9 Å². The van der Waals surface area contributed by atoms with E-state index in [-0.39, 0.29) is 24.9 Å². The number of hydrogen-bond acceptors (Lipinski definition) is 5. The van der Waals surface area contributed by atoms with Crippen LogP contribution in [0, 0.1) is 0 Å². The van der Waals surface area contributed by atoms with Gasteiger partial charge in [-0.3, -0.25) is 9.59 Å². The van der Waals surface area contributed by atoms with Crippen LogP contribution in [0.3, 0.4) is 0 Å².